The van der Waals surface area contributed by atoms with Gasteiger partial charge in [-0.1, -0.05) is 34.5 Å². The Bertz CT molecular complexity index is 795. The van der Waals surface area contributed by atoms with Gasteiger partial charge in [0, 0.05) is 62.1 Å². The Morgan fingerprint density at radius 1 is 1.11 bits per heavy atom. The molecule has 7 heteroatoms. The van der Waals surface area contributed by atoms with Crippen LogP contribution in [0.2, 0.25) is 0 Å². The van der Waals surface area contributed by atoms with E-state index < -0.39 is 0 Å². The Labute approximate surface area is 175 Å². The first-order chi connectivity index (χ1) is 13.7. The van der Waals surface area contributed by atoms with Crippen LogP contribution in [0, 0.1) is 0 Å². The zero-order valence-electron chi connectivity index (χ0n) is 16.3. The number of aliphatic imine (C=N–C) groups is 1. The number of nitrogens with one attached hydrogen (secondary N) is 1. The third-order valence-electron chi connectivity index (χ3n) is 5.98. The summed E-state index contributed by atoms with van der Waals surface area (Å²) in [5.74, 6) is 1.81. The largest absolute Gasteiger partial charge is 0.355 e. The van der Waals surface area contributed by atoms with Crippen molar-refractivity contribution < 1.29 is 0 Å². The van der Waals surface area contributed by atoms with Gasteiger partial charge in [0.25, 0.3) is 0 Å². The molecule has 0 unspecified atom stereocenters. The SMILES string of the molecule is CN=C(NCC1(c2ccc(Br)cc2)CCC1)N1CCN(c2ncccn2)CC1. The summed E-state index contributed by atoms with van der Waals surface area (Å²) >= 11 is 3.55. The van der Waals surface area contributed by atoms with E-state index in [1.54, 1.807) is 12.4 Å². The van der Waals surface area contributed by atoms with Gasteiger partial charge >= 0.3 is 0 Å². The molecule has 0 atom stereocenters. The Morgan fingerprint density at radius 2 is 1.79 bits per heavy atom. The molecule has 0 radical (unpaired) electrons. The summed E-state index contributed by atoms with van der Waals surface area (Å²) in [6, 6.07) is 10.7. The maximum atomic E-state index is 4.55. The lowest BCUT2D eigenvalue weighted by Crippen LogP contribution is -2.55. The second-order valence-electron chi connectivity index (χ2n) is 7.56. The van der Waals surface area contributed by atoms with Crippen LogP contribution in [0.1, 0.15) is 24.8 Å². The van der Waals surface area contributed by atoms with Crippen molar-refractivity contribution in [2.24, 2.45) is 4.99 Å². The normalized spacial score (nSPS) is 19.3. The standard InChI is InChI=1S/C21H27BrN6/c1-23-19(27-12-14-28(15-13-27)20-24-10-3-11-25-20)26-16-21(8-2-9-21)17-4-6-18(22)7-5-17/h3-7,10-11H,2,8-9,12-16H2,1H3,(H,23,26). The summed E-state index contributed by atoms with van der Waals surface area (Å²) in [4.78, 5) is 17.9. The van der Waals surface area contributed by atoms with E-state index in [0.29, 0.717) is 0 Å². The molecule has 4 rings (SSSR count). The van der Waals surface area contributed by atoms with Crippen LogP contribution in [-0.4, -0.2) is 60.6 Å². The molecule has 6 nitrogen and oxygen atoms in total. The first kappa shape index (κ1) is 19.2. The van der Waals surface area contributed by atoms with E-state index in [4.69, 9.17) is 0 Å². The maximum Gasteiger partial charge on any atom is 0.225 e. The number of benzene rings is 1. The molecule has 1 aromatic carbocycles. The average Bonchev–Trinajstić information content (AvgIpc) is 2.72. The van der Waals surface area contributed by atoms with Gasteiger partial charge in [0.2, 0.25) is 5.95 Å². The smallest absolute Gasteiger partial charge is 0.225 e. The second kappa shape index (κ2) is 8.47. The van der Waals surface area contributed by atoms with Crippen LogP contribution in [0.15, 0.2) is 52.2 Å². The summed E-state index contributed by atoms with van der Waals surface area (Å²) in [5.41, 5.74) is 1.66. The Kier molecular flexibility index (Phi) is 5.80. The topological polar surface area (TPSA) is 56.7 Å². The fourth-order valence-electron chi connectivity index (χ4n) is 4.13. The highest BCUT2D eigenvalue weighted by molar-refractivity contribution is 9.10. The highest BCUT2D eigenvalue weighted by atomic mass is 79.9. The fraction of sp³-hybridized carbons (Fsp3) is 0.476. The van der Waals surface area contributed by atoms with Crippen molar-refractivity contribution in [3.05, 3.63) is 52.8 Å². The van der Waals surface area contributed by atoms with Crippen LogP contribution in [0.25, 0.3) is 0 Å². The molecule has 1 N–H and O–H groups in total. The van der Waals surface area contributed by atoms with Crippen molar-refractivity contribution in [3.63, 3.8) is 0 Å². The van der Waals surface area contributed by atoms with Gasteiger partial charge in [0.1, 0.15) is 0 Å². The molecule has 2 aromatic rings. The second-order valence-corrected chi connectivity index (χ2v) is 8.48. The third kappa shape index (κ3) is 3.99. The van der Waals surface area contributed by atoms with Crippen LogP contribution in [-0.2, 0) is 5.41 Å². The van der Waals surface area contributed by atoms with Crippen molar-refractivity contribution >= 4 is 27.8 Å². The third-order valence-corrected chi connectivity index (χ3v) is 6.51. The number of rotatable bonds is 4. The number of nitrogens with zero attached hydrogens (tertiary/aromatic N) is 5. The van der Waals surface area contributed by atoms with E-state index in [-0.39, 0.29) is 5.41 Å². The molecular formula is C21H27BrN6. The lowest BCUT2D eigenvalue weighted by molar-refractivity contribution is 0.240. The minimum Gasteiger partial charge on any atom is -0.355 e. The molecule has 2 aliphatic rings. The molecule has 1 saturated carbocycles. The molecule has 0 bridgehead atoms. The van der Waals surface area contributed by atoms with Gasteiger partial charge in [0.05, 0.1) is 0 Å². The molecule has 1 aliphatic heterocycles. The number of anilines is 1. The predicted octanol–water partition coefficient (Wildman–Crippen LogP) is 3.06. The number of hydrogen-bond acceptors (Lipinski definition) is 4. The lowest BCUT2D eigenvalue weighted by Gasteiger charge is -2.44. The number of hydrogen-bond donors (Lipinski definition) is 1. The Hall–Kier alpha value is -2.15. The van der Waals surface area contributed by atoms with Gasteiger partial charge in [-0.05, 0) is 36.6 Å². The molecule has 1 aliphatic carbocycles. The first-order valence-electron chi connectivity index (χ1n) is 9.94. The van der Waals surface area contributed by atoms with Gasteiger partial charge < -0.3 is 15.1 Å². The van der Waals surface area contributed by atoms with Crippen molar-refractivity contribution in [2.75, 3.05) is 44.7 Å². The molecule has 0 amide bonds. The molecule has 1 saturated heterocycles. The van der Waals surface area contributed by atoms with Gasteiger partial charge in [-0.25, -0.2) is 9.97 Å². The molecular weight excluding hydrogens is 416 g/mol. The summed E-state index contributed by atoms with van der Waals surface area (Å²) in [7, 11) is 1.88. The van der Waals surface area contributed by atoms with E-state index in [0.717, 1.165) is 49.1 Å². The van der Waals surface area contributed by atoms with Crippen LogP contribution in [0.4, 0.5) is 5.95 Å². The van der Waals surface area contributed by atoms with Gasteiger partial charge in [-0.3, -0.25) is 4.99 Å². The van der Waals surface area contributed by atoms with Crippen LogP contribution in [0.5, 0.6) is 0 Å². The summed E-state index contributed by atoms with van der Waals surface area (Å²) in [5, 5.41) is 3.66. The highest BCUT2D eigenvalue weighted by Crippen LogP contribution is 2.43. The minimum atomic E-state index is 0.232. The van der Waals surface area contributed by atoms with Crippen molar-refractivity contribution in [1.82, 2.24) is 20.2 Å². The van der Waals surface area contributed by atoms with Crippen LogP contribution in [0.3, 0.4) is 0 Å². The highest BCUT2D eigenvalue weighted by Gasteiger charge is 2.39. The fourth-order valence-corrected chi connectivity index (χ4v) is 4.39. The van der Waals surface area contributed by atoms with Gasteiger partial charge in [0.15, 0.2) is 5.96 Å². The average molecular weight is 443 g/mol. The van der Waals surface area contributed by atoms with Crippen molar-refractivity contribution in [3.8, 4) is 0 Å². The number of aromatic nitrogens is 2. The van der Waals surface area contributed by atoms with E-state index >= 15 is 0 Å². The monoisotopic (exact) mass is 442 g/mol. The zero-order valence-corrected chi connectivity index (χ0v) is 17.9. The van der Waals surface area contributed by atoms with Crippen LogP contribution >= 0.6 is 15.9 Å². The Morgan fingerprint density at radius 3 is 2.36 bits per heavy atom. The predicted molar refractivity (Wildman–Crippen MR) is 117 cm³/mol. The van der Waals surface area contributed by atoms with Gasteiger partial charge in [-0.2, -0.15) is 0 Å². The zero-order chi connectivity index (χ0) is 19.4. The maximum absolute atomic E-state index is 4.55. The molecule has 1 aromatic heterocycles. The van der Waals surface area contributed by atoms with Gasteiger partial charge in [-0.15, -0.1) is 0 Å². The summed E-state index contributed by atoms with van der Waals surface area (Å²) in [6.45, 7) is 4.58. The molecule has 0 spiro atoms. The number of halogens is 1. The van der Waals surface area contributed by atoms with E-state index in [1.807, 2.05) is 13.1 Å². The summed E-state index contributed by atoms with van der Waals surface area (Å²) < 4.78 is 1.13. The lowest BCUT2D eigenvalue weighted by atomic mass is 9.64. The van der Waals surface area contributed by atoms with Crippen molar-refractivity contribution in [2.45, 2.75) is 24.7 Å². The first-order valence-corrected chi connectivity index (χ1v) is 10.7. The Balaban J connectivity index is 1.36. The quantitative estimate of drug-likeness (QED) is 0.582. The van der Waals surface area contributed by atoms with E-state index in [1.165, 1.54) is 24.8 Å². The minimum absolute atomic E-state index is 0.232. The molecule has 2 heterocycles. The van der Waals surface area contributed by atoms with E-state index in [2.05, 4.69) is 70.3 Å². The molecule has 148 valence electrons. The summed E-state index contributed by atoms with van der Waals surface area (Å²) in [6.07, 6.45) is 7.37. The number of guanidine groups is 1. The van der Waals surface area contributed by atoms with E-state index in [9.17, 15) is 0 Å². The number of piperazine rings is 1. The van der Waals surface area contributed by atoms with Crippen LogP contribution < -0.4 is 10.2 Å². The molecule has 2 fully saturated rings. The van der Waals surface area contributed by atoms with Crippen molar-refractivity contribution in [1.29, 1.82) is 0 Å². The molecule has 28 heavy (non-hydrogen) atoms.